The Labute approximate surface area is 94.0 Å². The third-order valence-electron chi connectivity index (χ3n) is 1.86. The predicted molar refractivity (Wildman–Crippen MR) is 60.4 cm³/mol. The van der Waals surface area contributed by atoms with Crippen molar-refractivity contribution in [2.75, 3.05) is 0 Å². The molecule has 0 aliphatic heterocycles. The zero-order chi connectivity index (χ0) is 12.0. The normalized spacial score (nSPS) is 11.8. The maximum absolute atomic E-state index is 12.6. The van der Waals surface area contributed by atoms with Gasteiger partial charge in [-0.15, -0.1) is 0 Å². The van der Waals surface area contributed by atoms with E-state index in [1.54, 1.807) is 19.1 Å². The van der Waals surface area contributed by atoms with E-state index in [-0.39, 0.29) is 5.82 Å². The molecule has 0 N–H and O–H groups in total. The molecule has 0 spiro atoms. The van der Waals surface area contributed by atoms with Crippen molar-refractivity contribution in [3.8, 4) is 0 Å². The van der Waals surface area contributed by atoms with Gasteiger partial charge in [0, 0.05) is 0 Å². The lowest BCUT2D eigenvalue weighted by atomic mass is 10.2. The molecule has 0 bridgehead atoms. The quantitative estimate of drug-likeness (QED) is 0.443. The van der Waals surface area contributed by atoms with Gasteiger partial charge in [0.2, 0.25) is 0 Å². The van der Waals surface area contributed by atoms with Gasteiger partial charge in [0.1, 0.15) is 11.6 Å². The average Bonchev–Trinajstić information content (AvgIpc) is 2.27. The monoisotopic (exact) mass is 220 g/mol. The summed E-state index contributed by atoms with van der Waals surface area (Å²) in [5, 5.41) is 0. The van der Waals surface area contributed by atoms with Crippen LogP contribution in [0.3, 0.4) is 0 Å². The summed E-state index contributed by atoms with van der Waals surface area (Å²) in [5.74, 6) is -0.372. The second-order valence-electron chi connectivity index (χ2n) is 3.20. The molecule has 1 aromatic rings. The summed E-state index contributed by atoms with van der Waals surface area (Å²) in [6, 6.07) is 5.23. The lowest BCUT2D eigenvalue weighted by molar-refractivity contribution is 0.0626. The number of allylic oxidation sites excluding steroid dienone is 4. The number of rotatable bonds is 3. The Kier molecular flexibility index (Phi) is 4.45. The van der Waals surface area contributed by atoms with E-state index in [1.165, 1.54) is 24.3 Å². The van der Waals surface area contributed by atoms with Gasteiger partial charge in [0.15, 0.2) is 0 Å². The summed E-state index contributed by atoms with van der Waals surface area (Å²) in [4.78, 5) is 11.5. The molecule has 0 amide bonds. The second-order valence-corrected chi connectivity index (χ2v) is 3.20. The summed E-state index contributed by atoms with van der Waals surface area (Å²) in [7, 11) is 0. The largest absolute Gasteiger partial charge is 0.428 e. The van der Waals surface area contributed by atoms with E-state index in [1.807, 2.05) is 13.0 Å². The van der Waals surface area contributed by atoms with Crippen LogP contribution in [0.25, 0.3) is 0 Å². The number of hydrogen-bond acceptors (Lipinski definition) is 2. The van der Waals surface area contributed by atoms with Crippen LogP contribution in [0.5, 0.6) is 0 Å². The summed E-state index contributed by atoms with van der Waals surface area (Å²) in [6.45, 7) is 3.55. The zero-order valence-corrected chi connectivity index (χ0v) is 9.24. The highest BCUT2D eigenvalue weighted by Gasteiger charge is 2.07. The summed E-state index contributed by atoms with van der Waals surface area (Å²) < 4.78 is 17.6. The van der Waals surface area contributed by atoms with Crippen LogP contribution < -0.4 is 0 Å². The Morgan fingerprint density at radius 2 is 1.94 bits per heavy atom. The molecule has 0 aliphatic carbocycles. The van der Waals surface area contributed by atoms with Crippen molar-refractivity contribution in [3.63, 3.8) is 0 Å². The van der Waals surface area contributed by atoms with Crippen LogP contribution in [-0.4, -0.2) is 5.97 Å². The van der Waals surface area contributed by atoms with Gasteiger partial charge in [-0.05, 0) is 44.2 Å². The molecule has 0 unspecified atom stereocenters. The molecular formula is C13H13FO2. The molecule has 0 fully saturated rings. The topological polar surface area (TPSA) is 26.3 Å². The Morgan fingerprint density at radius 1 is 1.31 bits per heavy atom. The molecule has 16 heavy (non-hydrogen) atoms. The first kappa shape index (κ1) is 12.2. The fourth-order valence-electron chi connectivity index (χ4n) is 1.06. The van der Waals surface area contributed by atoms with Gasteiger partial charge in [-0.25, -0.2) is 9.18 Å². The Morgan fingerprint density at radius 3 is 2.50 bits per heavy atom. The van der Waals surface area contributed by atoms with E-state index >= 15 is 0 Å². The third-order valence-corrected chi connectivity index (χ3v) is 1.86. The fraction of sp³-hybridized carbons (Fsp3) is 0.154. The molecule has 2 nitrogen and oxygen atoms in total. The number of ether oxygens (including phenoxy) is 1. The van der Waals surface area contributed by atoms with Crippen LogP contribution in [0.1, 0.15) is 24.2 Å². The molecule has 0 aliphatic rings. The predicted octanol–water partition coefficient (Wildman–Crippen LogP) is 3.46. The van der Waals surface area contributed by atoms with E-state index < -0.39 is 5.97 Å². The molecular weight excluding hydrogens is 207 g/mol. The minimum Gasteiger partial charge on any atom is -0.428 e. The van der Waals surface area contributed by atoms with Gasteiger partial charge in [0.25, 0.3) is 0 Å². The molecule has 0 saturated heterocycles. The third kappa shape index (κ3) is 3.69. The van der Waals surface area contributed by atoms with Gasteiger partial charge >= 0.3 is 5.97 Å². The molecule has 0 aromatic heterocycles. The van der Waals surface area contributed by atoms with E-state index in [4.69, 9.17) is 4.74 Å². The summed E-state index contributed by atoms with van der Waals surface area (Å²) in [6.07, 6.45) is 5.28. The van der Waals surface area contributed by atoms with Gasteiger partial charge in [-0.3, -0.25) is 0 Å². The van der Waals surface area contributed by atoms with E-state index in [9.17, 15) is 9.18 Å². The number of halogens is 1. The van der Waals surface area contributed by atoms with Crippen LogP contribution in [0.15, 0.2) is 48.3 Å². The molecule has 0 heterocycles. The van der Waals surface area contributed by atoms with Crippen molar-refractivity contribution >= 4 is 5.97 Å². The maximum Gasteiger partial charge on any atom is 0.343 e. The van der Waals surface area contributed by atoms with Crippen molar-refractivity contribution in [1.82, 2.24) is 0 Å². The Balaban J connectivity index is 2.69. The minimum atomic E-state index is -0.488. The molecule has 84 valence electrons. The highest BCUT2D eigenvalue weighted by molar-refractivity contribution is 5.89. The van der Waals surface area contributed by atoms with E-state index in [2.05, 4.69) is 0 Å². The first-order valence-corrected chi connectivity index (χ1v) is 4.91. The van der Waals surface area contributed by atoms with Crippen molar-refractivity contribution in [2.45, 2.75) is 13.8 Å². The van der Waals surface area contributed by atoms with Crippen molar-refractivity contribution in [2.24, 2.45) is 0 Å². The summed E-state index contributed by atoms with van der Waals surface area (Å²) in [5.41, 5.74) is 0.328. The number of carbonyl (C=O) groups excluding carboxylic acids is 1. The molecule has 3 heteroatoms. The zero-order valence-electron chi connectivity index (χ0n) is 9.24. The lowest BCUT2D eigenvalue weighted by Crippen LogP contribution is -2.03. The molecule has 0 atom stereocenters. The Bertz CT molecular complexity index is 416. The number of esters is 1. The van der Waals surface area contributed by atoms with E-state index in [0.717, 1.165) is 0 Å². The van der Waals surface area contributed by atoms with Crippen LogP contribution in [0.2, 0.25) is 0 Å². The lowest BCUT2D eigenvalue weighted by Gasteiger charge is -2.03. The standard InChI is InChI=1S/C13H13FO2/c1-3-4-5-10(2)16-13(15)11-6-8-12(14)9-7-11/h3-9H,1-2H3/b4-3-,10-5+. The first-order chi connectivity index (χ1) is 7.63. The average molecular weight is 220 g/mol. The highest BCUT2D eigenvalue weighted by atomic mass is 19.1. The number of benzene rings is 1. The second kappa shape index (κ2) is 5.85. The van der Waals surface area contributed by atoms with Gasteiger partial charge in [0.05, 0.1) is 5.56 Å². The smallest absolute Gasteiger partial charge is 0.343 e. The van der Waals surface area contributed by atoms with Crippen LogP contribution in [0.4, 0.5) is 4.39 Å². The van der Waals surface area contributed by atoms with Gasteiger partial charge < -0.3 is 4.74 Å². The van der Waals surface area contributed by atoms with Crippen LogP contribution in [0, 0.1) is 5.82 Å². The summed E-state index contributed by atoms with van der Waals surface area (Å²) >= 11 is 0. The van der Waals surface area contributed by atoms with E-state index in [0.29, 0.717) is 11.3 Å². The maximum atomic E-state index is 12.6. The Hall–Kier alpha value is -1.90. The van der Waals surface area contributed by atoms with Gasteiger partial charge in [-0.2, -0.15) is 0 Å². The minimum absolute atomic E-state index is 0.328. The molecule has 0 radical (unpaired) electrons. The van der Waals surface area contributed by atoms with Crippen LogP contribution in [-0.2, 0) is 4.74 Å². The first-order valence-electron chi connectivity index (χ1n) is 4.91. The van der Waals surface area contributed by atoms with Crippen molar-refractivity contribution < 1.29 is 13.9 Å². The van der Waals surface area contributed by atoms with Crippen molar-refractivity contribution in [1.29, 1.82) is 0 Å². The van der Waals surface area contributed by atoms with Crippen LogP contribution >= 0.6 is 0 Å². The molecule has 1 rings (SSSR count). The SMILES string of the molecule is C/C=C\C=C(/C)OC(=O)c1ccc(F)cc1. The molecule has 1 aromatic carbocycles. The number of carbonyl (C=O) groups is 1. The van der Waals surface area contributed by atoms with Gasteiger partial charge in [-0.1, -0.05) is 12.2 Å². The number of hydrogen-bond donors (Lipinski definition) is 0. The van der Waals surface area contributed by atoms with Crippen molar-refractivity contribution in [3.05, 3.63) is 59.6 Å². The highest BCUT2D eigenvalue weighted by Crippen LogP contribution is 2.07. The fourth-order valence-corrected chi connectivity index (χ4v) is 1.06. The molecule has 0 saturated carbocycles.